The molecule has 2 aromatic heterocycles. The minimum atomic E-state index is 0.873. The highest BCUT2D eigenvalue weighted by Gasteiger charge is 2.22. The quantitative estimate of drug-likeness (QED) is 0.161. The van der Waals surface area contributed by atoms with Crippen molar-refractivity contribution in [3.05, 3.63) is 231 Å². The van der Waals surface area contributed by atoms with Gasteiger partial charge in [-0.05, 0) is 105 Å². The fraction of sp³-hybridized carbons (Fsp3) is 0. The summed E-state index contributed by atoms with van der Waals surface area (Å²) >= 11 is 0. The minimum absolute atomic E-state index is 0.873. The van der Waals surface area contributed by atoms with Gasteiger partial charge in [0.25, 0.3) is 0 Å². The first-order chi connectivity index (χ1) is 30.3. The maximum atomic E-state index is 6.34. The van der Waals surface area contributed by atoms with Gasteiger partial charge in [-0.3, -0.25) is 0 Å². The molecule has 0 fully saturated rings. The molecule has 10 aromatic carbocycles. The second-order valence-corrected chi connectivity index (χ2v) is 15.6. The van der Waals surface area contributed by atoms with Crippen LogP contribution in [0.3, 0.4) is 0 Å². The molecule has 2 heterocycles. The van der Waals surface area contributed by atoms with E-state index in [4.69, 9.17) is 4.42 Å². The van der Waals surface area contributed by atoms with E-state index in [1.807, 2.05) is 12.1 Å². The predicted molar refractivity (Wildman–Crippen MR) is 257 cm³/mol. The van der Waals surface area contributed by atoms with Gasteiger partial charge in [0.2, 0.25) is 0 Å². The normalized spacial score (nSPS) is 11.6. The van der Waals surface area contributed by atoms with Gasteiger partial charge in [0, 0.05) is 44.2 Å². The van der Waals surface area contributed by atoms with Crippen molar-refractivity contribution in [3.63, 3.8) is 0 Å². The lowest BCUT2D eigenvalue weighted by Crippen LogP contribution is -2.11. The first kappa shape index (κ1) is 34.9. The summed E-state index contributed by atoms with van der Waals surface area (Å²) in [7, 11) is 0. The number of benzene rings is 10. The molecule has 3 nitrogen and oxygen atoms in total. The molecule has 3 heteroatoms. The van der Waals surface area contributed by atoms with Gasteiger partial charge in [0.05, 0.1) is 16.7 Å². The van der Waals surface area contributed by atoms with Gasteiger partial charge in [-0.25, -0.2) is 0 Å². The Kier molecular flexibility index (Phi) is 8.17. The molecule has 61 heavy (non-hydrogen) atoms. The zero-order chi connectivity index (χ0) is 40.3. The summed E-state index contributed by atoms with van der Waals surface area (Å²) in [6.45, 7) is 0. The van der Waals surface area contributed by atoms with Gasteiger partial charge in [0.15, 0.2) is 0 Å². The van der Waals surface area contributed by atoms with Crippen molar-refractivity contribution in [2.24, 2.45) is 0 Å². The van der Waals surface area contributed by atoms with E-state index in [9.17, 15) is 0 Å². The van der Waals surface area contributed by atoms with E-state index in [1.165, 1.54) is 54.8 Å². The molecule has 0 N–H and O–H groups in total. The third-order valence-electron chi connectivity index (χ3n) is 12.2. The maximum Gasteiger partial charge on any atom is 0.135 e. The average molecular weight is 779 g/mol. The van der Waals surface area contributed by atoms with Crippen LogP contribution in [0.1, 0.15) is 0 Å². The molecule has 0 aliphatic heterocycles. The van der Waals surface area contributed by atoms with E-state index in [2.05, 4.69) is 228 Å². The fourth-order valence-corrected chi connectivity index (χ4v) is 9.51. The van der Waals surface area contributed by atoms with Crippen LogP contribution in [0.5, 0.6) is 0 Å². The summed E-state index contributed by atoms with van der Waals surface area (Å²) < 4.78 is 8.72. The van der Waals surface area contributed by atoms with E-state index in [-0.39, 0.29) is 0 Å². The number of para-hydroxylation sites is 4. The Labute approximate surface area is 353 Å². The first-order valence-electron chi connectivity index (χ1n) is 20.8. The molecule has 286 valence electrons. The Hall–Kier alpha value is -8.14. The van der Waals surface area contributed by atoms with Crippen LogP contribution in [0.15, 0.2) is 235 Å². The van der Waals surface area contributed by atoms with Crippen LogP contribution >= 0.6 is 0 Å². The topological polar surface area (TPSA) is 21.3 Å². The molecular weight excluding hydrogens is 741 g/mol. The molecule has 0 atom stereocenters. The Morgan fingerprint density at radius 2 is 0.918 bits per heavy atom. The Balaban J connectivity index is 1.06. The van der Waals surface area contributed by atoms with Gasteiger partial charge in [0.1, 0.15) is 11.2 Å². The predicted octanol–water partition coefficient (Wildman–Crippen LogP) is 16.3. The second-order valence-electron chi connectivity index (χ2n) is 15.6. The lowest BCUT2D eigenvalue weighted by Gasteiger charge is -2.28. The minimum Gasteiger partial charge on any atom is -0.456 e. The zero-order valence-electron chi connectivity index (χ0n) is 33.2. The number of nitrogens with zero attached hydrogens (tertiary/aromatic N) is 2. The fourth-order valence-electron chi connectivity index (χ4n) is 9.51. The maximum absolute atomic E-state index is 6.34. The van der Waals surface area contributed by atoms with Crippen LogP contribution in [0.25, 0.3) is 93.6 Å². The SMILES string of the molecule is c1ccc(-c2cccc3cccc(-c4ccccc4N(c4ccc(-c5cccc6c5c5ccccc5n6-c5ccccc5)cc4)c4ccc5oc6ccccc6c5c4)c23)cc1. The number of hydrogen-bond donors (Lipinski definition) is 0. The Morgan fingerprint density at radius 3 is 1.74 bits per heavy atom. The molecular formula is C58H38N2O. The lowest BCUT2D eigenvalue weighted by atomic mass is 9.90. The molecule has 12 aromatic rings. The summed E-state index contributed by atoms with van der Waals surface area (Å²) in [5.41, 5.74) is 15.6. The van der Waals surface area contributed by atoms with Crippen molar-refractivity contribution in [1.82, 2.24) is 4.57 Å². The Bertz CT molecular complexity index is 3580. The number of rotatable bonds is 7. The van der Waals surface area contributed by atoms with E-state index in [1.54, 1.807) is 0 Å². The van der Waals surface area contributed by atoms with Crippen molar-refractivity contribution >= 4 is 71.6 Å². The van der Waals surface area contributed by atoms with Crippen LogP contribution in [0.2, 0.25) is 0 Å². The molecule has 0 radical (unpaired) electrons. The number of anilines is 3. The molecule has 0 aliphatic carbocycles. The van der Waals surface area contributed by atoms with Crippen molar-refractivity contribution < 1.29 is 4.42 Å². The van der Waals surface area contributed by atoms with Gasteiger partial charge < -0.3 is 13.9 Å². The van der Waals surface area contributed by atoms with E-state index in [0.717, 1.165) is 55.8 Å². The third-order valence-corrected chi connectivity index (χ3v) is 12.2. The highest BCUT2D eigenvalue weighted by molar-refractivity contribution is 6.16. The van der Waals surface area contributed by atoms with Crippen molar-refractivity contribution in [1.29, 1.82) is 0 Å². The van der Waals surface area contributed by atoms with Crippen LogP contribution in [-0.2, 0) is 0 Å². The second kappa shape index (κ2) is 14.3. The molecule has 0 saturated heterocycles. The standard InChI is InChI=1S/C58H38N2O/c1-3-16-39(17-4-1)45-25-13-18-41-19-14-27-49(57(41)45)47-22-7-10-28-52(47)59(44-36-37-56-51(38-44)48-23-9-12-31-55(48)61-56)43-34-32-40(33-35-43)46-26-15-30-54-58(46)50-24-8-11-29-53(50)60(54)42-20-5-2-6-21-42/h1-38H. The largest absolute Gasteiger partial charge is 0.456 e. The molecule has 0 bridgehead atoms. The molecule has 0 unspecified atom stereocenters. The number of fused-ring (bicyclic) bond motifs is 7. The van der Waals surface area contributed by atoms with Gasteiger partial charge in [-0.1, -0.05) is 164 Å². The Morgan fingerprint density at radius 1 is 0.344 bits per heavy atom. The van der Waals surface area contributed by atoms with E-state index in [0.29, 0.717) is 0 Å². The monoisotopic (exact) mass is 778 g/mol. The lowest BCUT2D eigenvalue weighted by molar-refractivity contribution is 0.669. The highest BCUT2D eigenvalue weighted by Crippen LogP contribution is 2.47. The van der Waals surface area contributed by atoms with Gasteiger partial charge in [-0.15, -0.1) is 0 Å². The number of furan rings is 1. The number of hydrogen-bond acceptors (Lipinski definition) is 2. The highest BCUT2D eigenvalue weighted by atomic mass is 16.3. The summed E-state index contributed by atoms with van der Waals surface area (Å²) in [6, 6.07) is 83.0. The molecule has 12 rings (SSSR count). The average Bonchev–Trinajstić information content (AvgIpc) is 3.88. The summed E-state index contributed by atoms with van der Waals surface area (Å²) in [6.07, 6.45) is 0. The summed E-state index contributed by atoms with van der Waals surface area (Å²) in [5, 5.41) is 7.12. The first-order valence-corrected chi connectivity index (χ1v) is 20.8. The molecule has 0 spiro atoms. The van der Waals surface area contributed by atoms with Crippen LogP contribution in [0.4, 0.5) is 17.1 Å². The van der Waals surface area contributed by atoms with Gasteiger partial charge in [-0.2, -0.15) is 0 Å². The summed E-state index contributed by atoms with van der Waals surface area (Å²) in [4.78, 5) is 2.41. The zero-order valence-corrected chi connectivity index (χ0v) is 33.2. The number of aromatic nitrogens is 1. The van der Waals surface area contributed by atoms with Gasteiger partial charge >= 0.3 is 0 Å². The van der Waals surface area contributed by atoms with E-state index < -0.39 is 0 Å². The molecule has 0 saturated carbocycles. The third kappa shape index (κ3) is 5.74. The van der Waals surface area contributed by atoms with Crippen LogP contribution in [0, 0.1) is 0 Å². The van der Waals surface area contributed by atoms with Crippen molar-refractivity contribution in [2.75, 3.05) is 4.90 Å². The van der Waals surface area contributed by atoms with Crippen molar-refractivity contribution in [2.45, 2.75) is 0 Å². The smallest absolute Gasteiger partial charge is 0.135 e. The van der Waals surface area contributed by atoms with Crippen LogP contribution in [-0.4, -0.2) is 4.57 Å². The molecule has 0 amide bonds. The van der Waals surface area contributed by atoms with E-state index >= 15 is 0 Å². The molecule has 0 aliphatic rings. The summed E-state index contributed by atoms with van der Waals surface area (Å²) in [5.74, 6) is 0. The van der Waals surface area contributed by atoms with Crippen LogP contribution < -0.4 is 4.90 Å². The van der Waals surface area contributed by atoms with Crippen molar-refractivity contribution in [3.8, 4) is 39.1 Å².